The van der Waals surface area contributed by atoms with Gasteiger partial charge in [0.15, 0.2) is 6.29 Å². The van der Waals surface area contributed by atoms with Crippen LogP contribution in [0.25, 0.3) is 5.76 Å². The van der Waals surface area contributed by atoms with Gasteiger partial charge in [0, 0.05) is 17.5 Å². The molecule has 0 unspecified atom stereocenters. The second-order valence-electron chi connectivity index (χ2n) is 4.39. The van der Waals surface area contributed by atoms with E-state index in [1.54, 1.807) is 18.2 Å². The number of benzene rings is 1. The molecule has 1 aromatic carbocycles. The van der Waals surface area contributed by atoms with Crippen LogP contribution in [-0.4, -0.2) is 26.0 Å². The van der Waals surface area contributed by atoms with Crippen molar-refractivity contribution in [1.29, 1.82) is 0 Å². The highest BCUT2D eigenvalue weighted by Crippen LogP contribution is 2.19. The number of aldehydes is 1. The summed E-state index contributed by atoms with van der Waals surface area (Å²) < 4.78 is 10.1. The normalized spacial score (nSPS) is 9.70. The summed E-state index contributed by atoms with van der Waals surface area (Å²) in [6, 6.07) is 4.76. The number of rotatable bonds is 7. The molecule has 1 aromatic rings. The molecule has 0 bridgehead atoms. The lowest BCUT2D eigenvalue weighted by molar-refractivity contribution is 0.0598. The van der Waals surface area contributed by atoms with Crippen molar-refractivity contribution in [2.45, 2.75) is 13.3 Å². The fourth-order valence-corrected chi connectivity index (χ4v) is 1.55. The third-order valence-electron chi connectivity index (χ3n) is 2.71. The molecular formula is C16H18O4. The molecule has 0 aromatic heterocycles. The smallest absolute Gasteiger partial charge is 0.338 e. The summed E-state index contributed by atoms with van der Waals surface area (Å²) in [5.74, 6) is -0.127. The standard InChI is InChI=1S/C16H18O4/c1-11(2)7-8-20-12(3)13-5-6-14(10-17)15(9-13)16(18)19-4/h5-6,9-10H,1,3,7-8H2,2,4H3. The fraction of sp³-hybridized carbons (Fsp3) is 0.250. The average molecular weight is 274 g/mol. The van der Waals surface area contributed by atoms with Gasteiger partial charge in [-0.15, -0.1) is 6.58 Å². The van der Waals surface area contributed by atoms with Gasteiger partial charge in [0.1, 0.15) is 5.76 Å². The Balaban J connectivity index is 2.91. The molecule has 4 heteroatoms. The van der Waals surface area contributed by atoms with Crippen molar-refractivity contribution in [2.75, 3.05) is 13.7 Å². The van der Waals surface area contributed by atoms with E-state index in [1.165, 1.54) is 7.11 Å². The van der Waals surface area contributed by atoms with Crippen LogP contribution in [0, 0.1) is 0 Å². The molecule has 0 saturated carbocycles. The van der Waals surface area contributed by atoms with Crippen molar-refractivity contribution in [3.8, 4) is 0 Å². The highest BCUT2D eigenvalue weighted by molar-refractivity contribution is 5.98. The quantitative estimate of drug-likeness (QED) is 0.331. The topological polar surface area (TPSA) is 52.6 Å². The van der Waals surface area contributed by atoms with Crippen LogP contribution >= 0.6 is 0 Å². The fourth-order valence-electron chi connectivity index (χ4n) is 1.55. The predicted molar refractivity (Wildman–Crippen MR) is 77.6 cm³/mol. The lowest BCUT2D eigenvalue weighted by Crippen LogP contribution is -2.06. The van der Waals surface area contributed by atoms with E-state index in [1.807, 2.05) is 6.92 Å². The minimum atomic E-state index is -0.566. The molecule has 0 spiro atoms. The summed E-state index contributed by atoms with van der Waals surface area (Å²) in [6.45, 7) is 9.98. The molecule has 0 radical (unpaired) electrons. The maximum atomic E-state index is 11.6. The van der Waals surface area contributed by atoms with Gasteiger partial charge < -0.3 is 9.47 Å². The van der Waals surface area contributed by atoms with Crippen LogP contribution in [0.2, 0.25) is 0 Å². The predicted octanol–water partition coefficient (Wildman–Crippen LogP) is 3.24. The van der Waals surface area contributed by atoms with Crippen LogP contribution < -0.4 is 0 Å². The van der Waals surface area contributed by atoms with Gasteiger partial charge >= 0.3 is 5.97 Å². The Labute approximate surface area is 118 Å². The molecule has 20 heavy (non-hydrogen) atoms. The number of methoxy groups -OCH3 is 1. The first-order chi connectivity index (χ1) is 9.49. The summed E-state index contributed by atoms with van der Waals surface area (Å²) in [6.07, 6.45) is 1.34. The van der Waals surface area contributed by atoms with Crippen LogP contribution in [0.5, 0.6) is 0 Å². The zero-order chi connectivity index (χ0) is 15.1. The van der Waals surface area contributed by atoms with Gasteiger partial charge in [0.2, 0.25) is 0 Å². The summed E-state index contributed by atoms with van der Waals surface area (Å²) in [7, 11) is 1.27. The third kappa shape index (κ3) is 4.09. The molecule has 0 fully saturated rings. The molecule has 0 N–H and O–H groups in total. The van der Waals surface area contributed by atoms with Gasteiger partial charge in [-0.05, 0) is 13.0 Å². The van der Waals surface area contributed by atoms with E-state index in [9.17, 15) is 9.59 Å². The molecular weight excluding hydrogens is 256 g/mol. The van der Waals surface area contributed by atoms with Crippen molar-refractivity contribution >= 4 is 18.0 Å². The summed E-state index contributed by atoms with van der Waals surface area (Å²) >= 11 is 0. The van der Waals surface area contributed by atoms with Crippen molar-refractivity contribution < 1.29 is 19.1 Å². The van der Waals surface area contributed by atoms with Gasteiger partial charge in [0.05, 0.1) is 19.3 Å². The summed E-state index contributed by atoms with van der Waals surface area (Å²) in [4.78, 5) is 22.5. The Morgan fingerprint density at radius 2 is 2.05 bits per heavy atom. The number of hydrogen-bond acceptors (Lipinski definition) is 4. The van der Waals surface area contributed by atoms with Gasteiger partial charge in [-0.1, -0.05) is 24.3 Å². The lowest BCUT2D eigenvalue weighted by Gasteiger charge is -2.11. The molecule has 0 amide bonds. The van der Waals surface area contributed by atoms with Crippen molar-refractivity contribution in [1.82, 2.24) is 0 Å². The number of esters is 1. The van der Waals surface area contributed by atoms with Gasteiger partial charge in [-0.2, -0.15) is 0 Å². The minimum absolute atomic E-state index is 0.199. The molecule has 0 saturated heterocycles. The van der Waals surface area contributed by atoms with Crippen LogP contribution in [0.1, 0.15) is 39.6 Å². The Morgan fingerprint density at radius 3 is 2.60 bits per heavy atom. The van der Waals surface area contributed by atoms with Crippen LogP contribution in [0.3, 0.4) is 0 Å². The maximum absolute atomic E-state index is 11.6. The van der Waals surface area contributed by atoms with E-state index >= 15 is 0 Å². The first-order valence-corrected chi connectivity index (χ1v) is 6.13. The Kier molecular flexibility index (Phi) is 5.72. The van der Waals surface area contributed by atoms with E-state index in [-0.39, 0.29) is 11.1 Å². The first-order valence-electron chi connectivity index (χ1n) is 6.13. The monoisotopic (exact) mass is 274 g/mol. The van der Waals surface area contributed by atoms with Gasteiger partial charge in [-0.3, -0.25) is 4.79 Å². The second kappa shape index (κ2) is 7.28. The summed E-state index contributed by atoms with van der Waals surface area (Å²) in [5, 5.41) is 0. The zero-order valence-electron chi connectivity index (χ0n) is 11.8. The van der Waals surface area contributed by atoms with Gasteiger partial charge in [0.25, 0.3) is 0 Å². The van der Waals surface area contributed by atoms with E-state index < -0.39 is 5.97 Å². The van der Waals surface area contributed by atoms with Crippen LogP contribution in [0.4, 0.5) is 0 Å². The highest BCUT2D eigenvalue weighted by atomic mass is 16.5. The van der Waals surface area contributed by atoms with Gasteiger partial charge in [-0.25, -0.2) is 4.79 Å². The molecule has 4 nitrogen and oxygen atoms in total. The van der Waals surface area contributed by atoms with Crippen molar-refractivity contribution in [3.63, 3.8) is 0 Å². The molecule has 0 atom stereocenters. The molecule has 106 valence electrons. The van der Waals surface area contributed by atoms with E-state index in [0.29, 0.717) is 24.2 Å². The van der Waals surface area contributed by atoms with Crippen molar-refractivity contribution in [3.05, 3.63) is 53.6 Å². The minimum Gasteiger partial charge on any atom is -0.493 e. The molecule has 1 rings (SSSR count). The highest BCUT2D eigenvalue weighted by Gasteiger charge is 2.13. The Bertz CT molecular complexity index is 543. The number of ether oxygens (including phenoxy) is 2. The SMILES string of the molecule is C=C(C)CCOC(=C)c1ccc(C=O)c(C(=O)OC)c1. The average Bonchev–Trinajstić information content (AvgIpc) is 2.45. The van der Waals surface area contributed by atoms with Crippen LogP contribution in [0.15, 0.2) is 36.9 Å². The van der Waals surface area contributed by atoms with E-state index in [4.69, 9.17) is 4.74 Å². The maximum Gasteiger partial charge on any atom is 0.338 e. The molecule has 0 aliphatic heterocycles. The number of carbonyl (C=O) groups is 2. The number of hydrogen-bond donors (Lipinski definition) is 0. The lowest BCUT2D eigenvalue weighted by atomic mass is 10.0. The first kappa shape index (κ1) is 15.7. The molecule has 0 aliphatic rings. The Morgan fingerprint density at radius 1 is 1.35 bits per heavy atom. The van der Waals surface area contributed by atoms with E-state index in [2.05, 4.69) is 17.9 Å². The van der Waals surface area contributed by atoms with E-state index in [0.717, 1.165) is 12.0 Å². The summed E-state index contributed by atoms with van der Waals surface area (Å²) in [5.41, 5.74) is 2.13. The third-order valence-corrected chi connectivity index (χ3v) is 2.71. The number of carbonyl (C=O) groups excluding carboxylic acids is 2. The van der Waals surface area contributed by atoms with Crippen LogP contribution in [-0.2, 0) is 9.47 Å². The van der Waals surface area contributed by atoms with Crippen molar-refractivity contribution in [2.24, 2.45) is 0 Å². The zero-order valence-corrected chi connectivity index (χ0v) is 11.8. The molecule has 0 heterocycles. The second-order valence-corrected chi connectivity index (χ2v) is 4.39. The Hall–Kier alpha value is -2.36. The molecule has 0 aliphatic carbocycles. The largest absolute Gasteiger partial charge is 0.493 e.